The lowest BCUT2D eigenvalue weighted by Gasteiger charge is -2.45. The molecule has 0 saturated carbocycles. The van der Waals surface area contributed by atoms with Crippen molar-refractivity contribution in [1.82, 2.24) is 25.1 Å². The second-order valence-corrected chi connectivity index (χ2v) is 5.55. The summed E-state index contributed by atoms with van der Waals surface area (Å²) in [4.78, 5) is 28.5. The predicted molar refractivity (Wildman–Crippen MR) is 86.6 cm³/mol. The summed E-state index contributed by atoms with van der Waals surface area (Å²) in [6.07, 6.45) is 4.93. The molecule has 23 heavy (non-hydrogen) atoms. The molecule has 0 unspecified atom stereocenters. The molecule has 0 amide bonds. The van der Waals surface area contributed by atoms with E-state index in [0.717, 1.165) is 30.0 Å². The van der Waals surface area contributed by atoms with Gasteiger partial charge in [0.1, 0.15) is 12.1 Å². The van der Waals surface area contributed by atoms with Gasteiger partial charge in [-0.3, -0.25) is 4.79 Å². The van der Waals surface area contributed by atoms with Gasteiger partial charge in [-0.1, -0.05) is 0 Å². The highest BCUT2D eigenvalue weighted by atomic mass is 16.1. The van der Waals surface area contributed by atoms with Crippen LogP contribution < -0.4 is 15.4 Å². The van der Waals surface area contributed by atoms with Crippen molar-refractivity contribution in [3.63, 3.8) is 0 Å². The average Bonchev–Trinajstić information content (AvgIpc) is 2.53. The van der Waals surface area contributed by atoms with Gasteiger partial charge >= 0.3 is 0 Å². The topological polar surface area (TPSA) is 90.9 Å². The average molecular weight is 309 g/mol. The maximum Gasteiger partial charge on any atom is 0.266 e. The van der Waals surface area contributed by atoms with Gasteiger partial charge < -0.3 is 9.80 Å². The second kappa shape index (κ2) is 5.31. The molecule has 0 atom stereocenters. The molecule has 4 rings (SSSR count). The molecule has 8 nitrogen and oxygen atoms in total. The minimum Gasteiger partial charge on any atom is -0.366 e. The number of nitrogens with zero attached hydrogens (tertiary/aromatic N) is 6. The van der Waals surface area contributed by atoms with Gasteiger partial charge in [0, 0.05) is 32.4 Å². The first-order chi connectivity index (χ1) is 11.2. The Kier molecular flexibility index (Phi) is 3.14. The quantitative estimate of drug-likeness (QED) is 0.750. The molecule has 116 valence electrons. The van der Waals surface area contributed by atoms with E-state index in [1.54, 1.807) is 18.5 Å². The first-order valence-corrected chi connectivity index (χ1v) is 7.30. The second-order valence-electron chi connectivity index (χ2n) is 5.55. The Morgan fingerprint density at radius 2 is 2.17 bits per heavy atom. The van der Waals surface area contributed by atoms with Crippen molar-refractivity contribution in [2.45, 2.75) is 6.04 Å². The van der Waals surface area contributed by atoms with Gasteiger partial charge in [0.15, 0.2) is 5.65 Å². The fraction of sp³-hybridized carbons (Fsp3) is 0.267. The Hall–Kier alpha value is -3.03. The first kappa shape index (κ1) is 13.6. The molecule has 0 aliphatic carbocycles. The van der Waals surface area contributed by atoms with Crippen LogP contribution in [0.1, 0.15) is 0 Å². The number of hydrogen-bond acceptors (Lipinski definition) is 7. The number of likely N-dealkylation sites (N-methyl/N-ethyl adjacent to an activating group) is 1. The van der Waals surface area contributed by atoms with Gasteiger partial charge in [0.2, 0.25) is 0 Å². The van der Waals surface area contributed by atoms with Gasteiger partial charge in [-0.2, -0.15) is 5.10 Å². The smallest absolute Gasteiger partial charge is 0.266 e. The van der Waals surface area contributed by atoms with E-state index in [9.17, 15) is 4.79 Å². The van der Waals surface area contributed by atoms with E-state index in [1.807, 2.05) is 19.2 Å². The Balaban J connectivity index is 1.55. The highest BCUT2D eigenvalue weighted by molar-refractivity contribution is 5.86. The van der Waals surface area contributed by atoms with Gasteiger partial charge in [-0.15, -0.1) is 0 Å². The molecular weight excluding hydrogens is 294 g/mol. The molecule has 4 heterocycles. The van der Waals surface area contributed by atoms with Crippen molar-refractivity contribution >= 4 is 22.5 Å². The van der Waals surface area contributed by atoms with Crippen LogP contribution in [0.25, 0.3) is 11.0 Å². The minimum atomic E-state index is -0.188. The summed E-state index contributed by atoms with van der Waals surface area (Å²) in [5.41, 5.74) is 1.35. The van der Waals surface area contributed by atoms with Crippen LogP contribution in [-0.4, -0.2) is 51.3 Å². The molecule has 1 N–H and O–H groups in total. The lowest BCUT2D eigenvalue weighted by molar-refractivity contribution is 0.493. The normalized spacial score (nSPS) is 14.7. The summed E-state index contributed by atoms with van der Waals surface area (Å²) >= 11 is 0. The van der Waals surface area contributed by atoms with Crippen molar-refractivity contribution in [2.24, 2.45) is 0 Å². The summed E-state index contributed by atoms with van der Waals surface area (Å²) in [6, 6.07) is 5.74. The van der Waals surface area contributed by atoms with Crippen molar-refractivity contribution < 1.29 is 0 Å². The van der Waals surface area contributed by atoms with E-state index >= 15 is 0 Å². The Bertz CT molecular complexity index is 898. The lowest BCUT2D eigenvalue weighted by Crippen LogP contribution is -2.59. The summed E-state index contributed by atoms with van der Waals surface area (Å²) in [6.45, 7) is 1.63. The van der Waals surface area contributed by atoms with Crippen LogP contribution in [0.5, 0.6) is 0 Å². The third-order valence-electron chi connectivity index (χ3n) is 4.15. The molecule has 0 radical (unpaired) electrons. The molecule has 8 heteroatoms. The highest BCUT2D eigenvalue weighted by Gasteiger charge is 2.32. The highest BCUT2D eigenvalue weighted by Crippen LogP contribution is 2.27. The van der Waals surface area contributed by atoms with Crippen LogP contribution in [0.15, 0.2) is 41.7 Å². The lowest BCUT2D eigenvalue weighted by atomic mass is 10.1. The third-order valence-corrected chi connectivity index (χ3v) is 4.15. The van der Waals surface area contributed by atoms with Crippen LogP contribution in [0, 0.1) is 0 Å². The first-order valence-electron chi connectivity index (χ1n) is 7.30. The van der Waals surface area contributed by atoms with Gasteiger partial charge in [-0.25, -0.2) is 20.1 Å². The summed E-state index contributed by atoms with van der Waals surface area (Å²) in [7, 11) is 2.02. The molecule has 1 saturated heterocycles. The van der Waals surface area contributed by atoms with Crippen LogP contribution in [-0.2, 0) is 0 Å². The van der Waals surface area contributed by atoms with E-state index in [4.69, 9.17) is 0 Å². The van der Waals surface area contributed by atoms with Gasteiger partial charge in [-0.05, 0) is 12.1 Å². The molecule has 3 aromatic heterocycles. The molecule has 0 spiro atoms. The zero-order valence-corrected chi connectivity index (χ0v) is 12.5. The zero-order valence-electron chi connectivity index (χ0n) is 12.5. The number of rotatable bonds is 3. The summed E-state index contributed by atoms with van der Waals surface area (Å²) < 4.78 is 0. The number of hydrogen-bond donors (Lipinski definition) is 1. The largest absolute Gasteiger partial charge is 0.366 e. The Morgan fingerprint density at radius 1 is 1.30 bits per heavy atom. The van der Waals surface area contributed by atoms with Crippen LogP contribution >= 0.6 is 0 Å². The standard InChI is InChI=1S/C15H15N7O/c1-21(15-12-3-2-4-16-14(12)17-9-18-15)11-7-22(8-11)10-5-13(23)20-19-6-10/h2-6,9,11H,7-8H2,1H3,(H,20,23). The molecule has 0 bridgehead atoms. The van der Waals surface area contributed by atoms with Crippen molar-refractivity contribution in [2.75, 3.05) is 29.9 Å². The third kappa shape index (κ3) is 2.37. The van der Waals surface area contributed by atoms with Crippen molar-refractivity contribution in [3.05, 3.63) is 47.3 Å². The molecular formula is C15H15N7O. The fourth-order valence-corrected chi connectivity index (χ4v) is 2.79. The zero-order chi connectivity index (χ0) is 15.8. The van der Waals surface area contributed by atoms with Gasteiger partial charge in [0.05, 0.1) is 23.3 Å². The number of fused-ring (bicyclic) bond motifs is 1. The Morgan fingerprint density at radius 3 is 3.00 bits per heavy atom. The number of anilines is 2. The van der Waals surface area contributed by atoms with Crippen LogP contribution in [0.3, 0.4) is 0 Å². The van der Waals surface area contributed by atoms with E-state index in [2.05, 4.69) is 34.9 Å². The molecule has 0 aromatic carbocycles. The fourth-order valence-electron chi connectivity index (χ4n) is 2.79. The summed E-state index contributed by atoms with van der Waals surface area (Å²) in [5, 5.41) is 7.16. The predicted octanol–water partition coefficient (Wildman–Crippen LogP) is 0.433. The van der Waals surface area contributed by atoms with E-state index in [1.165, 1.54) is 6.33 Å². The summed E-state index contributed by atoms with van der Waals surface area (Å²) in [5.74, 6) is 0.872. The number of aromatic amines is 1. The molecule has 1 fully saturated rings. The minimum absolute atomic E-state index is 0.188. The number of nitrogens with one attached hydrogen (secondary N) is 1. The monoisotopic (exact) mass is 309 g/mol. The van der Waals surface area contributed by atoms with Crippen LogP contribution in [0.2, 0.25) is 0 Å². The number of pyridine rings is 1. The number of H-pyrrole nitrogens is 1. The maximum absolute atomic E-state index is 11.3. The SMILES string of the molecule is CN(c1ncnc2ncccc12)C1CN(c2cn[nH]c(=O)c2)C1. The van der Waals surface area contributed by atoms with Gasteiger partial charge in [0.25, 0.3) is 5.56 Å². The van der Waals surface area contributed by atoms with E-state index < -0.39 is 0 Å². The van der Waals surface area contributed by atoms with Crippen molar-refractivity contribution in [1.29, 1.82) is 0 Å². The maximum atomic E-state index is 11.3. The number of aromatic nitrogens is 5. The van der Waals surface area contributed by atoms with Crippen LogP contribution in [0.4, 0.5) is 11.5 Å². The molecule has 1 aliphatic heterocycles. The van der Waals surface area contributed by atoms with Crippen molar-refractivity contribution in [3.8, 4) is 0 Å². The Labute approximate surface area is 131 Å². The van der Waals surface area contributed by atoms with E-state index in [-0.39, 0.29) is 5.56 Å². The van der Waals surface area contributed by atoms with E-state index in [0.29, 0.717) is 11.7 Å². The molecule has 3 aromatic rings. The molecule has 1 aliphatic rings.